The average molecular weight is 222 g/mol. The molecule has 82 valence electrons. The minimum Gasteiger partial charge on any atom is -0.481 e. The molecule has 0 aromatic rings. The Morgan fingerprint density at radius 3 is 2.43 bits per heavy atom. The largest absolute Gasteiger partial charge is 0.481 e. The van der Waals surface area contributed by atoms with Gasteiger partial charge in [-0.3, -0.25) is 4.79 Å². The Balaban J connectivity index is 2.92. The van der Waals surface area contributed by atoms with Crippen molar-refractivity contribution in [3.05, 3.63) is 0 Å². The molecule has 14 heavy (non-hydrogen) atoms. The van der Waals surface area contributed by atoms with Crippen LogP contribution in [0, 0.1) is 5.41 Å². The predicted octanol–water partition coefficient (Wildman–Crippen LogP) is -0.353. The van der Waals surface area contributed by atoms with Crippen molar-refractivity contribution in [2.75, 3.05) is 11.5 Å². The Hall–Kier alpha value is -0.620. The van der Waals surface area contributed by atoms with Gasteiger partial charge in [-0.25, -0.2) is 8.42 Å². The van der Waals surface area contributed by atoms with E-state index in [1.807, 2.05) is 0 Å². The first-order valence-electron chi connectivity index (χ1n) is 4.39. The number of aliphatic carboxylic acids is 1. The molecule has 0 saturated carbocycles. The van der Waals surface area contributed by atoms with Crippen LogP contribution >= 0.6 is 0 Å². The van der Waals surface area contributed by atoms with Crippen molar-refractivity contribution in [2.24, 2.45) is 5.41 Å². The van der Waals surface area contributed by atoms with Crippen molar-refractivity contribution < 1.29 is 23.4 Å². The second-order valence-electron chi connectivity index (χ2n) is 3.98. The smallest absolute Gasteiger partial charge is 0.310 e. The fourth-order valence-electron chi connectivity index (χ4n) is 1.90. The van der Waals surface area contributed by atoms with Crippen LogP contribution in [0.2, 0.25) is 0 Å². The van der Waals surface area contributed by atoms with Gasteiger partial charge in [0.2, 0.25) is 0 Å². The van der Waals surface area contributed by atoms with Gasteiger partial charge in [0.25, 0.3) is 0 Å². The lowest BCUT2D eigenvalue weighted by Crippen LogP contribution is -2.35. The lowest BCUT2D eigenvalue weighted by molar-refractivity contribution is -0.149. The maximum Gasteiger partial charge on any atom is 0.310 e. The third-order valence-corrected chi connectivity index (χ3v) is 4.35. The van der Waals surface area contributed by atoms with Gasteiger partial charge >= 0.3 is 5.97 Å². The molecule has 0 radical (unpaired) electrons. The molecule has 0 bridgehead atoms. The molecule has 1 aliphatic rings. The molecule has 1 saturated heterocycles. The van der Waals surface area contributed by atoms with E-state index in [1.165, 1.54) is 6.92 Å². The number of aliphatic hydroxyl groups excluding tert-OH is 1. The van der Waals surface area contributed by atoms with E-state index in [1.54, 1.807) is 0 Å². The van der Waals surface area contributed by atoms with Crippen molar-refractivity contribution in [1.29, 1.82) is 0 Å². The molecule has 0 aliphatic carbocycles. The van der Waals surface area contributed by atoms with Gasteiger partial charge in [-0.15, -0.1) is 0 Å². The van der Waals surface area contributed by atoms with Crippen LogP contribution in [0.15, 0.2) is 0 Å². The predicted molar refractivity (Wildman–Crippen MR) is 49.6 cm³/mol. The van der Waals surface area contributed by atoms with E-state index in [9.17, 15) is 13.2 Å². The molecule has 0 aromatic carbocycles. The van der Waals surface area contributed by atoms with E-state index in [2.05, 4.69) is 0 Å². The molecular weight excluding hydrogens is 208 g/mol. The molecule has 6 heteroatoms. The summed E-state index contributed by atoms with van der Waals surface area (Å²) in [6.45, 7) is 1.47. The van der Waals surface area contributed by atoms with Gasteiger partial charge in [0.15, 0.2) is 9.84 Å². The third kappa shape index (κ3) is 2.24. The van der Waals surface area contributed by atoms with Crippen molar-refractivity contribution in [3.63, 3.8) is 0 Å². The SMILES string of the molecule is CC(O)CC1(C(=O)O)CCS(=O)(=O)C1. The minimum absolute atomic E-state index is 0.00155. The summed E-state index contributed by atoms with van der Waals surface area (Å²) < 4.78 is 22.4. The van der Waals surface area contributed by atoms with Crippen LogP contribution in [0.3, 0.4) is 0 Å². The highest BCUT2D eigenvalue weighted by atomic mass is 32.2. The van der Waals surface area contributed by atoms with E-state index in [4.69, 9.17) is 10.2 Å². The summed E-state index contributed by atoms with van der Waals surface area (Å²) in [5, 5.41) is 18.1. The summed E-state index contributed by atoms with van der Waals surface area (Å²) in [7, 11) is -3.24. The fourth-order valence-corrected chi connectivity index (χ4v) is 3.97. The highest BCUT2D eigenvalue weighted by molar-refractivity contribution is 7.91. The van der Waals surface area contributed by atoms with Crippen LogP contribution in [0.5, 0.6) is 0 Å². The lowest BCUT2D eigenvalue weighted by atomic mass is 9.82. The maximum absolute atomic E-state index is 11.2. The van der Waals surface area contributed by atoms with E-state index >= 15 is 0 Å². The Morgan fingerprint density at radius 2 is 2.14 bits per heavy atom. The van der Waals surface area contributed by atoms with Crippen molar-refractivity contribution in [2.45, 2.75) is 25.9 Å². The van der Waals surface area contributed by atoms with Gasteiger partial charge in [-0.05, 0) is 19.8 Å². The molecule has 1 fully saturated rings. The third-order valence-electron chi connectivity index (χ3n) is 2.53. The topological polar surface area (TPSA) is 91.7 Å². The molecule has 5 nitrogen and oxygen atoms in total. The summed E-state index contributed by atoms with van der Waals surface area (Å²) in [5.74, 6) is -1.56. The fraction of sp³-hybridized carbons (Fsp3) is 0.875. The molecule has 1 heterocycles. The van der Waals surface area contributed by atoms with Crippen LogP contribution in [0.1, 0.15) is 19.8 Å². The zero-order valence-electron chi connectivity index (χ0n) is 7.93. The Morgan fingerprint density at radius 1 is 1.57 bits per heavy atom. The molecule has 1 rings (SSSR count). The molecular formula is C8H14O5S. The van der Waals surface area contributed by atoms with Crippen LogP contribution in [0.25, 0.3) is 0 Å². The van der Waals surface area contributed by atoms with Crippen molar-refractivity contribution in [1.82, 2.24) is 0 Å². The first-order valence-corrected chi connectivity index (χ1v) is 6.21. The van der Waals surface area contributed by atoms with Gasteiger partial charge in [0, 0.05) is 0 Å². The van der Waals surface area contributed by atoms with E-state index in [-0.39, 0.29) is 24.3 Å². The Kier molecular flexibility index (Phi) is 2.87. The number of aliphatic hydroxyl groups is 1. The number of hydrogen-bond acceptors (Lipinski definition) is 4. The van der Waals surface area contributed by atoms with Crippen LogP contribution in [0.4, 0.5) is 0 Å². The molecule has 2 atom stereocenters. The second kappa shape index (κ2) is 3.51. The molecule has 0 amide bonds. The number of carboxylic acid groups (broad SMARTS) is 1. The maximum atomic E-state index is 11.2. The molecule has 0 spiro atoms. The Labute approximate surface area is 82.7 Å². The minimum atomic E-state index is -3.24. The van der Waals surface area contributed by atoms with Gasteiger partial charge in [-0.1, -0.05) is 0 Å². The first kappa shape index (κ1) is 11.5. The summed E-state index contributed by atoms with van der Waals surface area (Å²) in [6, 6.07) is 0. The monoisotopic (exact) mass is 222 g/mol. The van der Waals surface area contributed by atoms with Gasteiger partial charge in [0.05, 0.1) is 23.0 Å². The van der Waals surface area contributed by atoms with E-state index in [0.29, 0.717) is 0 Å². The number of sulfone groups is 1. The molecule has 2 unspecified atom stereocenters. The highest BCUT2D eigenvalue weighted by Gasteiger charge is 2.48. The highest BCUT2D eigenvalue weighted by Crippen LogP contribution is 2.37. The van der Waals surface area contributed by atoms with Crippen LogP contribution < -0.4 is 0 Å². The normalized spacial score (nSPS) is 32.7. The quantitative estimate of drug-likeness (QED) is 0.680. The van der Waals surface area contributed by atoms with Gasteiger partial charge in [-0.2, -0.15) is 0 Å². The van der Waals surface area contributed by atoms with Crippen molar-refractivity contribution >= 4 is 15.8 Å². The molecule has 2 N–H and O–H groups in total. The molecule has 1 aliphatic heterocycles. The zero-order chi connectivity index (χ0) is 11.0. The van der Waals surface area contributed by atoms with Gasteiger partial charge in [0.1, 0.15) is 0 Å². The summed E-state index contributed by atoms with van der Waals surface area (Å²) >= 11 is 0. The number of rotatable bonds is 3. The second-order valence-corrected chi connectivity index (χ2v) is 6.16. The lowest BCUT2D eigenvalue weighted by Gasteiger charge is -2.23. The van der Waals surface area contributed by atoms with Gasteiger partial charge < -0.3 is 10.2 Å². The van der Waals surface area contributed by atoms with Crippen molar-refractivity contribution in [3.8, 4) is 0 Å². The first-order chi connectivity index (χ1) is 6.27. The number of hydrogen-bond donors (Lipinski definition) is 2. The average Bonchev–Trinajstić information content (AvgIpc) is 2.26. The van der Waals surface area contributed by atoms with E-state index in [0.717, 1.165) is 0 Å². The number of carbonyl (C=O) groups is 1. The molecule has 0 aromatic heterocycles. The summed E-state index contributed by atoms with van der Waals surface area (Å²) in [5.41, 5.74) is -1.27. The standard InChI is InChI=1S/C8H14O5S/c1-6(9)4-8(7(10)11)2-3-14(12,13)5-8/h6,9H,2-5H2,1H3,(H,10,11). The van der Waals surface area contributed by atoms with Crippen LogP contribution in [-0.4, -0.2) is 42.2 Å². The van der Waals surface area contributed by atoms with E-state index < -0.39 is 27.3 Å². The summed E-state index contributed by atoms with van der Waals surface area (Å²) in [4.78, 5) is 11.0. The number of carboxylic acids is 1. The zero-order valence-corrected chi connectivity index (χ0v) is 8.75. The summed E-state index contributed by atoms with van der Waals surface area (Å²) in [6.07, 6.45) is -0.684. The van der Waals surface area contributed by atoms with Crippen LogP contribution in [-0.2, 0) is 14.6 Å². The Bertz CT molecular complexity index is 332.